The minimum absolute atomic E-state index is 0.0138. The molecule has 0 amide bonds. The van der Waals surface area contributed by atoms with E-state index in [1.807, 2.05) is 36.4 Å². The second-order valence-corrected chi connectivity index (χ2v) is 12.6. The van der Waals surface area contributed by atoms with Crippen molar-refractivity contribution in [2.45, 2.75) is 160 Å². The molecule has 0 unspecified atom stereocenters. The number of hydrogen-bond donors (Lipinski definition) is 0. The molecule has 0 atom stereocenters. The predicted octanol–water partition coefficient (Wildman–Crippen LogP) is 12.4. The fourth-order valence-corrected chi connectivity index (χ4v) is 7.50. The zero-order valence-corrected chi connectivity index (χ0v) is 25.2. The SMILES string of the molecule is CCCCCCC1(c2ccccc2F)CCCCC1.CCCCCCCC1(c2ccccc2F)CCCCC1. The lowest BCUT2D eigenvalue weighted by atomic mass is 9.66. The highest BCUT2D eigenvalue weighted by atomic mass is 19.1. The van der Waals surface area contributed by atoms with Gasteiger partial charge < -0.3 is 0 Å². The van der Waals surface area contributed by atoms with Gasteiger partial charge in [-0.15, -0.1) is 0 Å². The highest BCUT2D eigenvalue weighted by Crippen LogP contribution is 2.45. The molecule has 2 aliphatic rings. The highest BCUT2D eigenvalue weighted by molar-refractivity contribution is 5.28. The summed E-state index contributed by atoms with van der Waals surface area (Å²) in [6.07, 6.45) is 26.5. The van der Waals surface area contributed by atoms with Crippen molar-refractivity contribution in [3.8, 4) is 0 Å². The molecule has 39 heavy (non-hydrogen) atoms. The second kappa shape index (κ2) is 17.2. The lowest BCUT2D eigenvalue weighted by Gasteiger charge is -2.38. The third-order valence-electron chi connectivity index (χ3n) is 9.78. The van der Waals surface area contributed by atoms with Crippen LogP contribution in [-0.4, -0.2) is 0 Å². The van der Waals surface area contributed by atoms with E-state index in [1.165, 1.54) is 135 Å². The van der Waals surface area contributed by atoms with Crippen LogP contribution in [0.15, 0.2) is 48.5 Å². The van der Waals surface area contributed by atoms with Gasteiger partial charge in [0.1, 0.15) is 11.6 Å². The first-order chi connectivity index (χ1) is 19.1. The molecule has 2 aliphatic carbocycles. The molecule has 4 rings (SSSR count). The molecule has 0 heterocycles. The van der Waals surface area contributed by atoms with Crippen LogP contribution in [0.2, 0.25) is 0 Å². The largest absolute Gasteiger partial charge is 0.207 e. The van der Waals surface area contributed by atoms with Gasteiger partial charge in [0, 0.05) is 0 Å². The summed E-state index contributed by atoms with van der Waals surface area (Å²) < 4.78 is 28.4. The van der Waals surface area contributed by atoms with Crippen LogP contribution in [-0.2, 0) is 10.8 Å². The lowest BCUT2D eigenvalue weighted by molar-refractivity contribution is 0.257. The van der Waals surface area contributed by atoms with Crippen LogP contribution in [0.3, 0.4) is 0 Å². The Bertz CT molecular complexity index is 921. The summed E-state index contributed by atoms with van der Waals surface area (Å²) in [5.41, 5.74) is 2.26. The number of rotatable bonds is 13. The highest BCUT2D eigenvalue weighted by Gasteiger charge is 2.36. The Morgan fingerprint density at radius 3 is 1.23 bits per heavy atom. The maximum atomic E-state index is 14.2. The van der Waals surface area contributed by atoms with Gasteiger partial charge in [0.15, 0.2) is 0 Å². The molecule has 0 spiro atoms. The second-order valence-electron chi connectivity index (χ2n) is 12.6. The van der Waals surface area contributed by atoms with Crippen molar-refractivity contribution in [2.75, 3.05) is 0 Å². The number of unbranched alkanes of at least 4 members (excludes halogenated alkanes) is 7. The van der Waals surface area contributed by atoms with E-state index in [9.17, 15) is 8.78 Å². The summed E-state index contributed by atoms with van der Waals surface area (Å²) in [4.78, 5) is 0. The molecule has 0 bridgehead atoms. The fraction of sp³-hybridized carbons (Fsp3) is 0.676. The normalized spacial score (nSPS) is 18.3. The molecule has 2 saturated carbocycles. The van der Waals surface area contributed by atoms with Crippen molar-refractivity contribution in [1.29, 1.82) is 0 Å². The van der Waals surface area contributed by atoms with E-state index in [4.69, 9.17) is 0 Å². The van der Waals surface area contributed by atoms with Gasteiger partial charge in [0.2, 0.25) is 0 Å². The molecule has 2 fully saturated rings. The van der Waals surface area contributed by atoms with Gasteiger partial charge in [-0.3, -0.25) is 0 Å². The Kier molecular flexibility index (Phi) is 14.0. The first-order valence-electron chi connectivity index (χ1n) is 16.6. The molecule has 0 nitrogen and oxygen atoms in total. The molecule has 2 aromatic rings. The third-order valence-corrected chi connectivity index (χ3v) is 9.78. The van der Waals surface area contributed by atoms with Crippen molar-refractivity contribution >= 4 is 0 Å². The molecule has 0 aromatic heterocycles. The molecule has 2 heteroatoms. The maximum Gasteiger partial charge on any atom is 0.126 e. The van der Waals surface area contributed by atoms with E-state index in [2.05, 4.69) is 13.8 Å². The van der Waals surface area contributed by atoms with Crippen molar-refractivity contribution in [2.24, 2.45) is 0 Å². The van der Waals surface area contributed by atoms with Crippen molar-refractivity contribution in [3.63, 3.8) is 0 Å². The van der Waals surface area contributed by atoms with Crippen molar-refractivity contribution in [1.82, 2.24) is 0 Å². The van der Waals surface area contributed by atoms with E-state index < -0.39 is 0 Å². The number of halogens is 2. The minimum atomic E-state index is 0.0138. The smallest absolute Gasteiger partial charge is 0.126 e. The maximum absolute atomic E-state index is 14.2. The average molecular weight is 539 g/mol. The molecular formula is C37H56F2. The van der Waals surface area contributed by atoms with E-state index >= 15 is 0 Å². The van der Waals surface area contributed by atoms with Crippen LogP contribution in [0, 0.1) is 11.6 Å². The lowest BCUT2D eigenvalue weighted by Crippen LogP contribution is -2.30. The van der Waals surface area contributed by atoms with Gasteiger partial charge >= 0.3 is 0 Å². The van der Waals surface area contributed by atoms with Crippen LogP contribution in [0.1, 0.15) is 160 Å². The first kappa shape index (κ1) is 31.8. The monoisotopic (exact) mass is 538 g/mol. The van der Waals surface area contributed by atoms with E-state index in [0.717, 1.165) is 11.1 Å². The van der Waals surface area contributed by atoms with Crippen molar-refractivity contribution < 1.29 is 8.78 Å². The zero-order valence-electron chi connectivity index (χ0n) is 25.2. The van der Waals surface area contributed by atoms with Crippen LogP contribution in [0.25, 0.3) is 0 Å². The third kappa shape index (κ3) is 9.43. The summed E-state index contributed by atoms with van der Waals surface area (Å²) in [6.45, 7) is 4.50. The number of hydrogen-bond acceptors (Lipinski definition) is 0. The quantitative estimate of drug-likeness (QED) is 0.222. The van der Waals surface area contributed by atoms with Gasteiger partial charge in [0.05, 0.1) is 0 Å². The first-order valence-corrected chi connectivity index (χ1v) is 16.6. The summed E-state index contributed by atoms with van der Waals surface area (Å²) in [6, 6.07) is 15.0. The van der Waals surface area contributed by atoms with E-state index in [0.29, 0.717) is 0 Å². The molecular weight excluding hydrogens is 482 g/mol. The standard InChI is InChI=1S/C19H29F.C18H27F/c1-2-3-4-5-9-14-19(15-10-6-11-16-19)17-12-7-8-13-18(17)20;1-2-3-4-8-13-18(14-9-5-10-15-18)16-11-6-7-12-17(16)19/h7-8,12-13H,2-6,9-11,14-16H2,1H3;6-7,11-12H,2-5,8-10,13-15H2,1H3. The fourth-order valence-electron chi connectivity index (χ4n) is 7.50. The van der Waals surface area contributed by atoms with Gasteiger partial charge in [0.25, 0.3) is 0 Å². The number of benzene rings is 2. The van der Waals surface area contributed by atoms with Gasteiger partial charge in [-0.25, -0.2) is 8.78 Å². The van der Waals surface area contributed by atoms with E-state index in [-0.39, 0.29) is 22.5 Å². The van der Waals surface area contributed by atoms with Crippen LogP contribution in [0.5, 0.6) is 0 Å². The summed E-state index contributed by atoms with van der Waals surface area (Å²) in [7, 11) is 0. The Balaban J connectivity index is 0.000000216. The van der Waals surface area contributed by atoms with Gasteiger partial charge in [-0.05, 0) is 72.6 Å². The Morgan fingerprint density at radius 2 is 0.846 bits per heavy atom. The van der Waals surface area contributed by atoms with Crippen LogP contribution >= 0.6 is 0 Å². The topological polar surface area (TPSA) is 0 Å². The minimum Gasteiger partial charge on any atom is -0.207 e. The van der Waals surface area contributed by atoms with Gasteiger partial charge in [-0.2, -0.15) is 0 Å². The predicted molar refractivity (Wildman–Crippen MR) is 164 cm³/mol. The Morgan fingerprint density at radius 1 is 0.487 bits per heavy atom. The molecule has 2 aromatic carbocycles. The molecule has 0 aliphatic heterocycles. The van der Waals surface area contributed by atoms with Crippen LogP contribution < -0.4 is 0 Å². The molecule has 0 saturated heterocycles. The summed E-state index contributed by atoms with van der Waals surface area (Å²) >= 11 is 0. The summed E-state index contributed by atoms with van der Waals surface area (Å²) in [5, 5.41) is 0. The Labute approximate surface area is 239 Å². The molecule has 218 valence electrons. The zero-order chi connectivity index (χ0) is 27.8. The molecule has 0 radical (unpaired) electrons. The Hall–Kier alpha value is -1.70. The van der Waals surface area contributed by atoms with Gasteiger partial charge in [-0.1, -0.05) is 147 Å². The summed E-state index contributed by atoms with van der Waals surface area (Å²) in [5.74, 6) is 0.0304. The van der Waals surface area contributed by atoms with Crippen molar-refractivity contribution in [3.05, 3.63) is 71.3 Å². The average Bonchev–Trinajstić information content (AvgIpc) is 2.97. The van der Waals surface area contributed by atoms with Crippen LogP contribution in [0.4, 0.5) is 8.78 Å². The molecule has 0 N–H and O–H groups in total. The van der Waals surface area contributed by atoms with E-state index in [1.54, 1.807) is 12.1 Å².